The second-order valence-electron chi connectivity index (χ2n) is 12.1. The fourth-order valence-corrected chi connectivity index (χ4v) is 6.10. The highest BCUT2D eigenvalue weighted by Gasteiger charge is 2.52. The van der Waals surface area contributed by atoms with Crippen LogP contribution in [-0.2, 0) is 14.4 Å². The number of hydrogen-bond donors (Lipinski definition) is 2. The molecular weight excluding hydrogens is 496 g/mol. The Morgan fingerprint density at radius 1 is 0.923 bits per heavy atom. The summed E-state index contributed by atoms with van der Waals surface area (Å²) in [7, 11) is 0. The van der Waals surface area contributed by atoms with Gasteiger partial charge in [-0.3, -0.25) is 19.2 Å². The summed E-state index contributed by atoms with van der Waals surface area (Å²) >= 11 is 0. The number of anilines is 1. The molecule has 39 heavy (non-hydrogen) atoms. The zero-order valence-electron chi connectivity index (χ0n) is 23.8. The smallest absolute Gasteiger partial charge is 0.252 e. The third kappa shape index (κ3) is 6.62. The number of fused-ring (bicyclic) bond motifs is 1. The van der Waals surface area contributed by atoms with Crippen molar-refractivity contribution in [2.75, 3.05) is 31.1 Å². The lowest BCUT2D eigenvalue weighted by atomic mass is 10.0. The summed E-state index contributed by atoms with van der Waals surface area (Å²) in [6, 6.07) is 5.54. The van der Waals surface area contributed by atoms with Crippen molar-refractivity contribution >= 4 is 29.2 Å². The molecule has 3 heterocycles. The zero-order valence-corrected chi connectivity index (χ0v) is 23.8. The topological polar surface area (TPSA) is 110 Å². The average molecular weight is 541 g/mol. The number of nitrogens with one attached hydrogen (secondary N) is 1. The first kappa shape index (κ1) is 29.1. The molecule has 0 aliphatic carbocycles. The summed E-state index contributed by atoms with van der Waals surface area (Å²) in [5.41, 5.74) is 1.58. The van der Waals surface area contributed by atoms with Crippen LogP contribution in [0.4, 0.5) is 5.69 Å². The number of Topliss-reactive ketones (excluding diaryl/α,β-unsaturated/α-hetero) is 1. The van der Waals surface area contributed by atoms with Crippen molar-refractivity contribution in [1.29, 1.82) is 0 Å². The van der Waals surface area contributed by atoms with Gasteiger partial charge in [0, 0.05) is 30.9 Å². The van der Waals surface area contributed by atoms with E-state index in [0.29, 0.717) is 43.7 Å². The molecule has 0 aromatic heterocycles. The van der Waals surface area contributed by atoms with Crippen LogP contribution in [-0.4, -0.2) is 88.8 Å². The number of rotatable bonds is 10. The van der Waals surface area contributed by atoms with Crippen molar-refractivity contribution < 1.29 is 24.3 Å². The monoisotopic (exact) mass is 540 g/mol. The molecule has 4 rings (SSSR count). The zero-order chi connectivity index (χ0) is 28.3. The standard InChI is InChI=1S/C30H44N4O5/c1-19(2)7-12-25(35)30(39)34-18-26(36)27-24(34)13-16-33(27)29(38)23(17-20(3)4)31-28(37)21-8-10-22(11-9-21)32-14-5-6-15-32/h8-11,19-20,23-25,27,35H,5-7,12-18H2,1-4H3,(H,31,37). The fourth-order valence-electron chi connectivity index (χ4n) is 6.10. The van der Waals surface area contributed by atoms with Crippen LogP contribution in [0.25, 0.3) is 0 Å². The molecule has 9 heteroatoms. The molecule has 0 bridgehead atoms. The second-order valence-corrected chi connectivity index (χ2v) is 12.1. The molecule has 0 radical (unpaired) electrons. The number of hydrogen-bond acceptors (Lipinski definition) is 6. The van der Waals surface area contributed by atoms with Crippen molar-refractivity contribution in [3.05, 3.63) is 29.8 Å². The summed E-state index contributed by atoms with van der Waals surface area (Å²) in [5, 5.41) is 13.4. The summed E-state index contributed by atoms with van der Waals surface area (Å²) in [6.07, 6.45) is 3.18. The Bertz CT molecular complexity index is 1050. The van der Waals surface area contributed by atoms with Gasteiger partial charge in [-0.1, -0.05) is 27.7 Å². The van der Waals surface area contributed by atoms with Crippen LogP contribution in [0.5, 0.6) is 0 Å². The number of benzene rings is 1. The number of aliphatic hydroxyl groups excluding tert-OH is 1. The van der Waals surface area contributed by atoms with E-state index in [2.05, 4.69) is 10.2 Å². The number of likely N-dealkylation sites (tertiary alicyclic amines) is 2. The Hall–Kier alpha value is -2.94. The summed E-state index contributed by atoms with van der Waals surface area (Å²) in [4.78, 5) is 58.2. The molecule has 214 valence electrons. The first-order valence-electron chi connectivity index (χ1n) is 14.5. The van der Waals surface area contributed by atoms with E-state index < -0.39 is 30.1 Å². The maximum atomic E-state index is 13.8. The van der Waals surface area contributed by atoms with E-state index in [1.165, 1.54) is 17.7 Å². The molecule has 1 aromatic carbocycles. The van der Waals surface area contributed by atoms with Gasteiger partial charge in [0.05, 0.1) is 12.6 Å². The number of carbonyl (C=O) groups is 4. The molecular formula is C30H44N4O5. The summed E-state index contributed by atoms with van der Waals surface area (Å²) in [6.45, 7) is 10.3. The number of aliphatic hydroxyl groups is 1. The molecule has 0 saturated carbocycles. The van der Waals surface area contributed by atoms with E-state index in [4.69, 9.17) is 0 Å². The van der Waals surface area contributed by atoms with Crippen LogP contribution < -0.4 is 10.2 Å². The van der Waals surface area contributed by atoms with Gasteiger partial charge in [-0.2, -0.15) is 0 Å². The van der Waals surface area contributed by atoms with Crippen molar-refractivity contribution in [3.63, 3.8) is 0 Å². The van der Waals surface area contributed by atoms with Crippen molar-refractivity contribution in [3.8, 4) is 0 Å². The molecule has 1 aromatic rings. The number of amides is 3. The normalized spacial score (nSPS) is 22.5. The highest BCUT2D eigenvalue weighted by molar-refractivity contribution is 6.01. The summed E-state index contributed by atoms with van der Waals surface area (Å²) in [5.74, 6) is -0.737. The van der Waals surface area contributed by atoms with Gasteiger partial charge in [0.2, 0.25) is 5.91 Å². The second kappa shape index (κ2) is 12.5. The highest BCUT2D eigenvalue weighted by Crippen LogP contribution is 2.31. The number of ketones is 1. The molecule has 3 aliphatic rings. The largest absolute Gasteiger partial charge is 0.383 e. The molecule has 9 nitrogen and oxygen atoms in total. The summed E-state index contributed by atoms with van der Waals surface area (Å²) < 4.78 is 0. The van der Waals surface area contributed by atoms with Crippen molar-refractivity contribution in [2.24, 2.45) is 11.8 Å². The Morgan fingerprint density at radius 2 is 1.59 bits per heavy atom. The average Bonchev–Trinajstić information content (AvgIpc) is 3.65. The lowest BCUT2D eigenvalue weighted by Gasteiger charge is -2.29. The number of nitrogens with zero attached hydrogens (tertiary/aromatic N) is 3. The highest BCUT2D eigenvalue weighted by atomic mass is 16.3. The van der Waals surface area contributed by atoms with Gasteiger partial charge in [0.15, 0.2) is 5.78 Å². The van der Waals surface area contributed by atoms with Crippen molar-refractivity contribution in [2.45, 2.75) is 90.4 Å². The minimum absolute atomic E-state index is 0.0960. The predicted octanol–water partition coefficient (Wildman–Crippen LogP) is 2.61. The van der Waals surface area contributed by atoms with E-state index in [9.17, 15) is 24.3 Å². The van der Waals surface area contributed by atoms with E-state index in [-0.39, 0.29) is 30.1 Å². The van der Waals surface area contributed by atoms with Crippen molar-refractivity contribution in [1.82, 2.24) is 15.1 Å². The van der Waals surface area contributed by atoms with Gasteiger partial charge in [0.1, 0.15) is 18.2 Å². The van der Waals surface area contributed by atoms with Gasteiger partial charge in [-0.05, 0) is 74.6 Å². The molecule has 4 unspecified atom stereocenters. The Balaban J connectivity index is 1.43. The van der Waals surface area contributed by atoms with Crippen LogP contribution in [0, 0.1) is 11.8 Å². The Labute approximate surface area is 231 Å². The Morgan fingerprint density at radius 3 is 2.21 bits per heavy atom. The van der Waals surface area contributed by atoms with E-state index in [1.54, 1.807) is 17.0 Å². The molecule has 3 aliphatic heterocycles. The minimum Gasteiger partial charge on any atom is -0.383 e. The minimum atomic E-state index is -1.14. The lowest BCUT2D eigenvalue weighted by Crippen LogP contribution is -2.53. The van der Waals surface area contributed by atoms with Gasteiger partial charge in [0.25, 0.3) is 11.8 Å². The SMILES string of the molecule is CC(C)CCC(O)C(=O)N1CC(=O)C2C1CCN2C(=O)C(CC(C)C)NC(=O)c1ccc(N2CCCC2)cc1. The third-order valence-corrected chi connectivity index (χ3v) is 8.20. The molecule has 2 N–H and O–H groups in total. The fraction of sp³-hybridized carbons (Fsp3) is 0.667. The maximum Gasteiger partial charge on any atom is 0.252 e. The Kier molecular flexibility index (Phi) is 9.31. The molecule has 3 amide bonds. The quantitative estimate of drug-likeness (QED) is 0.472. The first-order chi connectivity index (χ1) is 18.6. The van der Waals surface area contributed by atoms with E-state index in [0.717, 1.165) is 18.8 Å². The molecule has 4 atom stereocenters. The van der Waals surface area contributed by atoms with Crippen LogP contribution in [0.2, 0.25) is 0 Å². The predicted molar refractivity (Wildman–Crippen MR) is 149 cm³/mol. The van der Waals surface area contributed by atoms with Crippen LogP contribution >= 0.6 is 0 Å². The van der Waals surface area contributed by atoms with Crippen LogP contribution in [0.3, 0.4) is 0 Å². The van der Waals surface area contributed by atoms with E-state index >= 15 is 0 Å². The van der Waals surface area contributed by atoms with Gasteiger partial charge < -0.3 is 25.1 Å². The maximum absolute atomic E-state index is 13.8. The molecule has 0 spiro atoms. The van der Waals surface area contributed by atoms with Gasteiger partial charge in [-0.25, -0.2) is 0 Å². The molecule has 3 saturated heterocycles. The first-order valence-corrected chi connectivity index (χ1v) is 14.5. The lowest BCUT2D eigenvalue weighted by molar-refractivity contribution is -0.142. The van der Waals surface area contributed by atoms with Gasteiger partial charge >= 0.3 is 0 Å². The van der Waals surface area contributed by atoms with Crippen LogP contribution in [0.1, 0.15) is 76.6 Å². The third-order valence-electron chi connectivity index (χ3n) is 8.20. The molecule has 3 fully saturated rings. The number of carbonyl (C=O) groups excluding carboxylic acids is 4. The van der Waals surface area contributed by atoms with Crippen LogP contribution in [0.15, 0.2) is 24.3 Å². The van der Waals surface area contributed by atoms with Gasteiger partial charge in [-0.15, -0.1) is 0 Å². The van der Waals surface area contributed by atoms with E-state index in [1.807, 2.05) is 39.8 Å².